The van der Waals surface area contributed by atoms with E-state index in [1.54, 1.807) is 31.0 Å². The molecule has 2 aromatic rings. The van der Waals surface area contributed by atoms with Gasteiger partial charge in [-0.2, -0.15) is 13.2 Å². The summed E-state index contributed by atoms with van der Waals surface area (Å²) in [6.07, 6.45) is -1.46. The van der Waals surface area contributed by atoms with Crippen LogP contribution < -0.4 is 10.1 Å². The maximum Gasteiger partial charge on any atom is 0.390 e. The standard InChI is InChI=1S/C25H32F3N5O4/c1-16-13-33(10-7-25(26,27)28)17(2)15-37-21-11-18(31-23(34)20-12-29-8-9-30-20)5-6-19(21)24(35)32(3)14-22(16)36-4/h5-6,8-9,11-12,16-17,22H,7,10,13-15H2,1-4H3,(H,31,34)/t16-,17-,22-/m1/s1. The highest BCUT2D eigenvalue weighted by molar-refractivity contribution is 6.03. The predicted octanol–water partition coefficient (Wildman–Crippen LogP) is 3.49. The molecule has 0 aliphatic carbocycles. The quantitative estimate of drug-likeness (QED) is 0.641. The Bertz CT molecular complexity index is 1070. The number of hydrogen-bond donors (Lipinski definition) is 1. The maximum absolute atomic E-state index is 13.3. The number of benzene rings is 1. The topological polar surface area (TPSA) is 96.9 Å². The van der Waals surface area contributed by atoms with Gasteiger partial charge in [-0.25, -0.2) is 4.98 Å². The van der Waals surface area contributed by atoms with Crippen LogP contribution in [0.15, 0.2) is 36.8 Å². The van der Waals surface area contributed by atoms with Crippen LogP contribution in [0.1, 0.15) is 41.1 Å². The molecule has 0 spiro atoms. The van der Waals surface area contributed by atoms with Crippen LogP contribution in [0.4, 0.5) is 18.9 Å². The molecule has 0 fully saturated rings. The smallest absolute Gasteiger partial charge is 0.390 e. The fourth-order valence-electron chi connectivity index (χ4n) is 4.12. The van der Waals surface area contributed by atoms with Crippen molar-refractivity contribution in [2.24, 2.45) is 5.92 Å². The van der Waals surface area contributed by atoms with E-state index in [2.05, 4.69) is 15.3 Å². The molecule has 1 aliphatic heterocycles. The number of hydrogen-bond acceptors (Lipinski definition) is 7. The van der Waals surface area contributed by atoms with E-state index in [1.165, 1.54) is 36.7 Å². The van der Waals surface area contributed by atoms with E-state index in [0.717, 1.165) is 0 Å². The highest BCUT2D eigenvalue weighted by atomic mass is 19.4. The van der Waals surface area contributed by atoms with Crippen molar-refractivity contribution in [3.63, 3.8) is 0 Å². The molecule has 2 amide bonds. The Balaban J connectivity index is 1.90. The van der Waals surface area contributed by atoms with Gasteiger partial charge in [-0.15, -0.1) is 0 Å². The van der Waals surface area contributed by atoms with Crippen molar-refractivity contribution >= 4 is 17.5 Å². The van der Waals surface area contributed by atoms with Crippen LogP contribution >= 0.6 is 0 Å². The summed E-state index contributed by atoms with van der Waals surface area (Å²) in [7, 11) is 3.16. The summed E-state index contributed by atoms with van der Waals surface area (Å²) < 4.78 is 50.7. The minimum Gasteiger partial charge on any atom is -0.491 e. The number of anilines is 1. The van der Waals surface area contributed by atoms with Crippen molar-refractivity contribution in [2.75, 3.05) is 45.7 Å². The van der Waals surface area contributed by atoms with Crippen molar-refractivity contribution in [3.8, 4) is 5.75 Å². The van der Waals surface area contributed by atoms with Gasteiger partial charge in [-0.3, -0.25) is 19.5 Å². The molecule has 1 N–H and O–H groups in total. The van der Waals surface area contributed by atoms with Gasteiger partial charge in [0.25, 0.3) is 11.8 Å². The number of halogens is 3. The Kier molecular flexibility index (Phi) is 9.44. The third-order valence-electron chi connectivity index (χ3n) is 6.31. The van der Waals surface area contributed by atoms with Crippen molar-refractivity contribution in [1.82, 2.24) is 19.8 Å². The highest BCUT2D eigenvalue weighted by Gasteiger charge is 2.32. The van der Waals surface area contributed by atoms with Crippen LogP contribution in [-0.4, -0.2) is 90.3 Å². The first-order valence-corrected chi connectivity index (χ1v) is 11.9. The van der Waals surface area contributed by atoms with Crippen LogP contribution in [0.5, 0.6) is 5.75 Å². The van der Waals surface area contributed by atoms with E-state index in [0.29, 0.717) is 12.2 Å². The molecule has 1 aliphatic rings. The summed E-state index contributed by atoms with van der Waals surface area (Å²) >= 11 is 0. The molecule has 202 valence electrons. The van der Waals surface area contributed by atoms with Crippen molar-refractivity contribution in [2.45, 2.75) is 38.6 Å². The fourth-order valence-corrected chi connectivity index (χ4v) is 4.12. The first-order valence-electron chi connectivity index (χ1n) is 11.9. The Morgan fingerprint density at radius 1 is 1.24 bits per heavy atom. The molecule has 0 bridgehead atoms. The Morgan fingerprint density at radius 3 is 2.65 bits per heavy atom. The van der Waals surface area contributed by atoms with Crippen molar-refractivity contribution in [1.29, 1.82) is 0 Å². The molecular formula is C25H32F3N5O4. The molecule has 0 radical (unpaired) electrons. The lowest BCUT2D eigenvalue weighted by Crippen LogP contribution is -2.47. The number of aromatic nitrogens is 2. The Morgan fingerprint density at radius 2 is 2.00 bits per heavy atom. The monoisotopic (exact) mass is 523 g/mol. The first-order chi connectivity index (χ1) is 17.5. The molecule has 1 aromatic heterocycles. The number of carbonyl (C=O) groups excluding carboxylic acids is 2. The zero-order chi connectivity index (χ0) is 27.2. The lowest BCUT2D eigenvalue weighted by molar-refractivity contribution is -0.140. The lowest BCUT2D eigenvalue weighted by atomic mass is 10.0. The summed E-state index contributed by atoms with van der Waals surface area (Å²) in [5, 5.41) is 2.70. The van der Waals surface area contributed by atoms with E-state index in [9.17, 15) is 22.8 Å². The van der Waals surface area contributed by atoms with E-state index >= 15 is 0 Å². The summed E-state index contributed by atoms with van der Waals surface area (Å²) in [5.74, 6) is -0.737. The van der Waals surface area contributed by atoms with Gasteiger partial charge in [-0.05, 0) is 25.0 Å². The number of ether oxygens (including phenoxy) is 2. The maximum atomic E-state index is 13.3. The second-order valence-corrected chi connectivity index (χ2v) is 9.21. The first kappa shape index (κ1) is 28.3. The SMILES string of the molecule is CO[C@@H]1CN(C)C(=O)c2ccc(NC(=O)c3cnccn3)cc2OC[C@@H](C)N(CCC(F)(F)F)C[C@H]1C. The molecule has 0 unspecified atom stereocenters. The second-order valence-electron chi connectivity index (χ2n) is 9.21. The average Bonchev–Trinajstić information content (AvgIpc) is 2.87. The third kappa shape index (κ3) is 7.86. The predicted molar refractivity (Wildman–Crippen MR) is 131 cm³/mol. The number of methoxy groups -OCH3 is 1. The summed E-state index contributed by atoms with van der Waals surface area (Å²) in [4.78, 5) is 36.9. The molecule has 2 heterocycles. The normalized spacial score (nSPS) is 21.9. The number of rotatable bonds is 5. The van der Waals surface area contributed by atoms with Crippen LogP contribution in [-0.2, 0) is 4.74 Å². The second kappa shape index (κ2) is 12.3. The van der Waals surface area contributed by atoms with Crippen LogP contribution in [0.25, 0.3) is 0 Å². The molecular weight excluding hydrogens is 491 g/mol. The van der Waals surface area contributed by atoms with Gasteiger partial charge >= 0.3 is 6.18 Å². The van der Waals surface area contributed by atoms with Gasteiger partial charge in [0.05, 0.1) is 24.3 Å². The molecule has 3 atom stereocenters. The molecule has 3 rings (SSSR count). The van der Waals surface area contributed by atoms with E-state index in [4.69, 9.17) is 9.47 Å². The molecule has 12 heteroatoms. The minimum atomic E-state index is -4.29. The number of likely N-dealkylation sites (N-methyl/N-ethyl adjacent to an activating group) is 1. The molecule has 37 heavy (non-hydrogen) atoms. The van der Waals surface area contributed by atoms with Gasteiger partial charge in [0.1, 0.15) is 18.1 Å². The molecule has 0 saturated heterocycles. The number of nitrogens with zero attached hydrogens (tertiary/aromatic N) is 4. The van der Waals surface area contributed by atoms with Gasteiger partial charge in [-0.1, -0.05) is 6.92 Å². The number of alkyl halides is 3. The number of amides is 2. The third-order valence-corrected chi connectivity index (χ3v) is 6.31. The minimum absolute atomic E-state index is 0.0355. The zero-order valence-corrected chi connectivity index (χ0v) is 21.3. The van der Waals surface area contributed by atoms with E-state index < -0.39 is 18.5 Å². The summed E-state index contributed by atoms with van der Waals surface area (Å²) in [6, 6.07) is 4.25. The average molecular weight is 524 g/mol. The van der Waals surface area contributed by atoms with Crippen molar-refractivity contribution in [3.05, 3.63) is 48.0 Å². The number of carbonyl (C=O) groups is 2. The van der Waals surface area contributed by atoms with Gasteiger partial charge < -0.3 is 19.7 Å². The van der Waals surface area contributed by atoms with Gasteiger partial charge in [0, 0.05) is 64.0 Å². The molecule has 9 nitrogen and oxygen atoms in total. The summed E-state index contributed by atoms with van der Waals surface area (Å²) in [6.45, 7) is 4.10. The van der Waals surface area contributed by atoms with E-state index in [-0.39, 0.29) is 60.7 Å². The van der Waals surface area contributed by atoms with E-state index in [1.807, 2.05) is 6.92 Å². The zero-order valence-electron chi connectivity index (χ0n) is 21.3. The van der Waals surface area contributed by atoms with Crippen LogP contribution in [0.2, 0.25) is 0 Å². The van der Waals surface area contributed by atoms with Gasteiger partial charge in [0.2, 0.25) is 0 Å². The summed E-state index contributed by atoms with van der Waals surface area (Å²) in [5.41, 5.74) is 0.736. The highest BCUT2D eigenvalue weighted by Crippen LogP contribution is 2.28. The Hall–Kier alpha value is -3.25. The van der Waals surface area contributed by atoms with Crippen LogP contribution in [0.3, 0.4) is 0 Å². The van der Waals surface area contributed by atoms with Gasteiger partial charge in [0.15, 0.2) is 0 Å². The molecule has 1 aromatic carbocycles. The largest absolute Gasteiger partial charge is 0.491 e. The Labute approximate surface area is 214 Å². The fraction of sp³-hybridized carbons (Fsp3) is 0.520. The molecule has 0 saturated carbocycles. The van der Waals surface area contributed by atoms with Crippen molar-refractivity contribution < 1.29 is 32.2 Å². The number of fused-ring (bicyclic) bond motifs is 1. The van der Waals surface area contributed by atoms with Crippen LogP contribution in [0, 0.1) is 5.92 Å². The number of nitrogens with one attached hydrogen (secondary N) is 1. The lowest BCUT2D eigenvalue weighted by Gasteiger charge is -2.36.